The van der Waals surface area contributed by atoms with E-state index in [0.29, 0.717) is 19.5 Å². The van der Waals surface area contributed by atoms with E-state index < -0.39 is 16.1 Å². The van der Waals surface area contributed by atoms with Gasteiger partial charge >= 0.3 is 6.09 Å². The number of amides is 1. The van der Waals surface area contributed by atoms with Crippen molar-refractivity contribution >= 4 is 16.1 Å². The standard InChI is InChI=1S/C8H16N2O4S/c1-6-5-10(15(2,13)14)4-3-7(6)9-8(11)12/h6-7,9H,3-5H2,1-2H3,(H,11,12)/t6-,7+/m1/s1. The Morgan fingerprint density at radius 1 is 1.53 bits per heavy atom. The molecule has 0 aliphatic carbocycles. The van der Waals surface area contributed by atoms with Gasteiger partial charge in [0.05, 0.1) is 6.26 Å². The number of carboxylic acid groups (broad SMARTS) is 1. The summed E-state index contributed by atoms with van der Waals surface area (Å²) in [7, 11) is -3.15. The van der Waals surface area contributed by atoms with Crippen LogP contribution in [0.1, 0.15) is 13.3 Å². The van der Waals surface area contributed by atoms with Gasteiger partial charge in [0.25, 0.3) is 0 Å². The fourth-order valence-corrected chi connectivity index (χ4v) is 2.72. The smallest absolute Gasteiger partial charge is 0.404 e. The minimum atomic E-state index is -3.15. The second-order valence-corrected chi connectivity index (χ2v) is 5.93. The summed E-state index contributed by atoms with van der Waals surface area (Å²) in [6, 6.07) is -0.152. The fraction of sp³-hybridized carbons (Fsp3) is 0.875. The Labute approximate surface area is 89.3 Å². The quantitative estimate of drug-likeness (QED) is 0.702. The molecule has 1 rings (SSSR count). The Bertz CT molecular complexity index is 341. The number of hydrogen-bond acceptors (Lipinski definition) is 3. The molecule has 1 amide bonds. The zero-order valence-electron chi connectivity index (χ0n) is 8.80. The van der Waals surface area contributed by atoms with Gasteiger partial charge < -0.3 is 10.4 Å². The Morgan fingerprint density at radius 3 is 2.53 bits per heavy atom. The summed E-state index contributed by atoms with van der Waals surface area (Å²) in [6.07, 6.45) is 0.644. The molecule has 88 valence electrons. The number of nitrogens with one attached hydrogen (secondary N) is 1. The van der Waals surface area contributed by atoms with E-state index in [0.717, 1.165) is 0 Å². The van der Waals surface area contributed by atoms with Crippen LogP contribution in [0.2, 0.25) is 0 Å². The number of hydrogen-bond donors (Lipinski definition) is 2. The third-order valence-corrected chi connectivity index (χ3v) is 3.92. The van der Waals surface area contributed by atoms with Crippen LogP contribution < -0.4 is 5.32 Å². The molecule has 1 heterocycles. The lowest BCUT2D eigenvalue weighted by Gasteiger charge is -2.35. The van der Waals surface area contributed by atoms with E-state index in [1.807, 2.05) is 6.92 Å². The Morgan fingerprint density at radius 2 is 2.13 bits per heavy atom. The van der Waals surface area contributed by atoms with Gasteiger partial charge in [-0.3, -0.25) is 0 Å². The van der Waals surface area contributed by atoms with Gasteiger partial charge in [0.2, 0.25) is 10.0 Å². The first-order valence-electron chi connectivity index (χ1n) is 4.75. The molecule has 0 radical (unpaired) electrons. The molecule has 0 spiro atoms. The van der Waals surface area contributed by atoms with E-state index in [-0.39, 0.29) is 12.0 Å². The Balaban J connectivity index is 2.59. The number of sulfonamides is 1. The van der Waals surface area contributed by atoms with Gasteiger partial charge in [0, 0.05) is 19.1 Å². The lowest BCUT2D eigenvalue weighted by Crippen LogP contribution is -2.50. The van der Waals surface area contributed by atoms with Gasteiger partial charge in [0.1, 0.15) is 0 Å². The SMILES string of the molecule is C[C@@H]1CN(S(C)(=O)=O)CC[C@@H]1NC(=O)O. The van der Waals surface area contributed by atoms with Crippen molar-refractivity contribution in [2.75, 3.05) is 19.3 Å². The highest BCUT2D eigenvalue weighted by molar-refractivity contribution is 7.88. The van der Waals surface area contributed by atoms with Crippen LogP contribution in [0.5, 0.6) is 0 Å². The van der Waals surface area contributed by atoms with Crippen LogP contribution in [-0.4, -0.2) is 49.3 Å². The summed E-state index contributed by atoms with van der Waals surface area (Å²) in [5, 5.41) is 11.0. The van der Waals surface area contributed by atoms with Gasteiger partial charge in [-0.05, 0) is 12.3 Å². The van der Waals surface area contributed by atoms with Crippen molar-refractivity contribution in [3.05, 3.63) is 0 Å². The summed E-state index contributed by atoms with van der Waals surface area (Å²) in [4.78, 5) is 10.4. The molecule has 1 aliphatic rings. The first-order valence-corrected chi connectivity index (χ1v) is 6.60. The fourth-order valence-electron chi connectivity index (χ4n) is 1.78. The summed E-state index contributed by atoms with van der Waals surface area (Å²) in [5.41, 5.74) is 0. The lowest BCUT2D eigenvalue weighted by molar-refractivity contribution is 0.169. The topological polar surface area (TPSA) is 86.7 Å². The van der Waals surface area contributed by atoms with Gasteiger partial charge in [-0.25, -0.2) is 17.5 Å². The molecule has 0 aromatic rings. The van der Waals surface area contributed by atoms with Crippen molar-refractivity contribution in [3.63, 3.8) is 0 Å². The molecule has 0 aromatic carbocycles. The zero-order valence-corrected chi connectivity index (χ0v) is 9.62. The lowest BCUT2D eigenvalue weighted by atomic mass is 9.95. The van der Waals surface area contributed by atoms with E-state index in [4.69, 9.17) is 5.11 Å². The third kappa shape index (κ3) is 3.35. The Hall–Kier alpha value is -0.820. The molecule has 1 fully saturated rings. The first-order chi connectivity index (χ1) is 6.80. The van der Waals surface area contributed by atoms with Gasteiger partial charge in [-0.15, -0.1) is 0 Å². The van der Waals surface area contributed by atoms with Crippen LogP contribution in [0.25, 0.3) is 0 Å². The molecule has 2 atom stereocenters. The van der Waals surface area contributed by atoms with Crippen LogP contribution in [0, 0.1) is 5.92 Å². The number of rotatable bonds is 2. The second-order valence-electron chi connectivity index (χ2n) is 3.94. The van der Waals surface area contributed by atoms with Gasteiger partial charge in [0.15, 0.2) is 0 Å². The highest BCUT2D eigenvalue weighted by Crippen LogP contribution is 2.18. The molecular formula is C8H16N2O4S. The zero-order chi connectivity index (χ0) is 11.6. The predicted octanol–water partition coefficient (Wildman–Crippen LogP) is -0.0760. The van der Waals surface area contributed by atoms with Gasteiger partial charge in [-0.1, -0.05) is 6.92 Å². The van der Waals surface area contributed by atoms with Crippen LogP contribution in [0.4, 0.5) is 4.79 Å². The van der Waals surface area contributed by atoms with E-state index in [9.17, 15) is 13.2 Å². The monoisotopic (exact) mass is 236 g/mol. The average molecular weight is 236 g/mol. The van der Waals surface area contributed by atoms with Crippen molar-refractivity contribution in [2.24, 2.45) is 5.92 Å². The summed E-state index contributed by atoms with van der Waals surface area (Å²) < 4.78 is 23.9. The third-order valence-electron chi connectivity index (χ3n) is 2.65. The molecule has 6 nitrogen and oxygen atoms in total. The van der Waals surface area contributed by atoms with Crippen molar-refractivity contribution < 1.29 is 18.3 Å². The van der Waals surface area contributed by atoms with Crippen LogP contribution in [0.3, 0.4) is 0 Å². The normalized spacial score (nSPS) is 28.7. The molecule has 1 aliphatic heterocycles. The summed E-state index contributed by atoms with van der Waals surface area (Å²) >= 11 is 0. The van der Waals surface area contributed by atoms with Crippen molar-refractivity contribution in [2.45, 2.75) is 19.4 Å². The largest absolute Gasteiger partial charge is 0.465 e. The molecule has 15 heavy (non-hydrogen) atoms. The van der Waals surface area contributed by atoms with E-state index in [1.165, 1.54) is 10.6 Å². The first kappa shape index (κ1) is 12.3. The molecule has 0 saturated carbocycles. The van der Waals surface area contributed by atoms with Crippen LogP contribution >= 0.6 is 0 Å². The maximum atomic E-state index is 11.2. The van der Waals surface area contributed by atoms with Crippen LogP contribution in [-0.2, 0) is 10.0 Å². The Kier molecular flexibility index (Phi) is 3.56. The highest BCUT2D eigenvalue weighted by Gasteiger charge is 2.31. The van der Waals surface area contributed by atoms with E-state index in [2.05, 4.69) is 5.32 Å². The van der Waals surface area contributed by atoms with E-state index >= 15 is 0 Å². The molecule has 1 saturated heterocycles. The number of carbonyl (C=O) groups is 1. The second kappa shape index (κ2) is 4.36. The predicted molar refractivity (Wildman–Crippen MR) is 55.1 cm³/mol. The molecule has 0 bridgehead atoms. The summed E-state index contributed by atoms with van der Waals surface area (Å²) in [6.45, 7) is 2.61. The van der Waals surface area contributed by atoms with Crippen molar-refractivity contribution in [1.29, 1.82) is 0 Å². The molecule has 0 unspecified atom stereocenters. The highest BCUT2D eigenvalue weighted by atomic mass is 32.2. The van der Waals surface area contributed by atoms with E-state index in [1.54, 1.807) is 0 Å². The molecule has 7 heteroatoms. The molecule has 0 aromatic heterocycles. The average Bonchev–Trinajstić information content (AvgIpc) is 2.05. The number of piperidine rings is 1. The minimum absolute atomic E-state index is 0.00424. The van der Waals surface area contributed by atoms with Crippen LogP contribution in [0.15, 0.2) is 0 Å². The van der Waals surface area contributed by atoms with Crippen molar-refractivity contribution in [3.8, 4) is 0 Å². The molecular weight excluding hydrogens is 220 g/mol. The minimum Gasteiger partial charge on any atom is -0.465 e. The molecule has 2 N–H and O–H groups in total. The maximum absolute atomic E-state index is 11.2. The maximum Gasteiger partial charge on any atom is 0.404 e. The van der Waals surface area contributed by atoms with Crippen molar-refractivity contribution in [1.82, 2.24) is 9.62 Å². The number of nitrogens with zero attached hydrogens (tertiary/aromatic N) is 1. The van der Waals surface area contributed by atoms with Gasteiger partial charge in [-0.2, -0.15) is 0 Å². The summed E-state index contributed by atoms with van der Waals surface area (Å²) in [5.74, 6) is 0.00424.